The summed E-state index contributed by atoms with van der Waals surface area (Å²) in [5, 5.41) is 0. The fraction of sp³-hybridized carbons (Fsp3) is 0.0833. The van der Waals surface area contributed by atoms with Crippen molar-refractivity contribution in [3.8, 4) is 11.3 Å². The van der Waals surface area contributed by atoms with Crippen LogP contribution < -0.4 is 0 Å². The van der Waals surface area contributed by atoms with Crippen molar-refractivity contribution in [2.45, 2.75) is 6.92 Å². The van der Waals surface area contributed by atoms with Crippen LogP contribution in [0.5, 0.6) is 0 Å². The predicted octanol–water partition coefficient (Wildman–Crippen LogP) is 3.74. The summed E-state index contributed by atoms with van der Waals surface area (Å²) in [6.07, 6.45) is 0. The fourth-order valence-electron chi connectivity index (χ4n) is 1.31. The van der Waals surface area contributed by atoms with Gasteiger partial charge in [-0.2, -0.15) is 0 Å². The van der Waals surface area contributed by atoms with Crippen molar-refractivity contribution in [3.05, 3.63) is 54.2 Å². The second kappa shape index (κ2) is 6.62. The molecule has 0 unspecified atom stereocenters. The van der Waals surface area contributed by atoms with Gasteiger partial charge in [-0.25, -0.2) is 0 Å². The molecule has 0 saturated heterocycles. The molecule has 0 bridgehead atoms. The summed E-state index contributed by atoms with van der Waals surface area (Å²) in [6, 6.07) is 16.3. The zero-order valence-electron chi connectivity index (χ0n) is 8.25. The Labute approximate surface area is 103 Å². The standard InChI is InChI=1S/C12H11N.ClH.Cu/c1-10-6-5-9-12(13-10)11-7-3-2-4-8-11;;/h2-9H,1H3;1H;/q;;+1/p-1. The molecule has 82 valence electrons. The van der Waals surface area contributed by atoms with Crippen LogP contribution in [0.1, 0.15) is 5.69 Å². The number of benzene rings is 1. The maximum atomic E-state index is 4.44. The van der Waals surface area contributed by atoms with E-state index in [0.29, 0.717) is 0 Å². The van der Waals surface area contributed by atoms with Crippen LogP contribution in [0.4, 0.5) is 0 Å². The monoisotopic (exact) mass is 267 g/mol. The van der Waals surface area contributed by atoms with Gasteiger partial charge in [0.1, 0.15) is 0 Å². The van der Waals surface area contributed by atoms with E-state index >= 15 is 0 Å². The van der Waals surface area contributed by atoms with Crippen LogP contribution in [0.2, 0.25) is 0 Å². The SMILES string of the molecule is Cc1cccc(-c2ccccc2)n1.[Cl][Cu]. The molecule has 1 nitrogen and oxygen atoms in total. The summed E-state index contributed by atoms with van der Waals surface area (Å²) < 4.78 is 0. The summed E-state index contributed by atoms with van der Waals surface area (Å²) in [5.41, 5.74) is 3.27. The molecule has 1 aromatic carbocycles. The minimum absolute atomic E-state index is 1.04. The van der Waals surface area contributed by atoms with E-state index in [0.717, 1.165) is 11.4 Å². The van der Waals surface area contributed by atoms with Crippen LogP contribution in [0.25, 0.3) is 11.3 Å². The molecule has 15 heavy (non-hydrogen) atoms. The van der Waals surface area contributed by atoms with E-state index in [1.165, 1.54) is 5.56 Å². The van der Waals surface area contributed by atoms with E-state index in [-0.39, 0.29) is 0 Å². The first-order chi connectivity index (χ1) is 7.36. The summed E-state index contributed by atoms with van der Waals surface area (Å²) in [5.74, 6) is 0. The maximum absolute atomic E-state index is 4.44. The van der Waals surface area contributed by atoms with E-state index < -0.39 is 0 Å². The van der Waals surface area contributed by atoms with Gasteiger partial charge in [0.05, 0.1) is 5.69 Å². The van der Waals surface area contributed by atoms with E-state index in [1.54, 1.807) is 0 Å². The quantitative estimate of drug-likeness (QED) is 0.718. The van der Waals surface area contributed by atoms with Crippen molar-refractivity contribution in [2.75, 3.05) is 0 Å². The second-order valence-electron chi connectivity index (χ2n) is 3.03. The number of rotatable bonds is 1. The third kappa shape index (κ3) is 3.67. The average molecular weight is 268 g/mol. The van der Waals surface area contributed by atoms with Gasteiger partial charge < -0.3 is 0 Å². The van der Waals surface area contributed by atoms with Gasteiger partial charge in [0.2, 0.25) is 0 Å². The van der Waals surface area contributed by atoms with Crippen molar-refractivity contribution in [1.82, 2.24) is 4.98 Å². The molecular formula is C12H11ClCuN. The topological polar surface area (TPSA) is 12.9 Å². The first-order valence-corrected chi connectivity index (χ1v) is 5.76. The Balaban J connectivity index is 0.000000531. The van der Waals surface area contributed by atoms with Crippen molar-refractivity contribution in [1.29, 1.82) is 0 Å². The Morgan fingerprint density at radius 2 is 1.60 bits per heavy atom. The van der Waals surface area contributed by atoms with Gasteiger partial charge in [0.15, 0.2) is 0 Å². The van der Waals surface area contributed by atoms with E-state index in [1.807, 2.05) is 43.3 Å². The summed E-state index contributed by atoms with van der Waals surface area (Å²) in [7, 11) is 4.20. The van der Waals surface area contributed by atoms with Crippen molar-refractivity contribution >= 4 is 10.1 Å². The Morgan fingerprint density at radius 1 is 0.933 bits per heavy atom. The molecule has 1 heterocycles. The molecule has 0 aliphatic rings. The number of hydrogen-bond donors (Lipinski definition) is 0. The van der Waals surface area contributed by atoms with Crippen LogP contribution in [-0.2, 0) is 15.1 Å². The minimum atomic E-state index is 1.04. The van der Waals surface area contributed by atoms with Gasteiger partial charge in [0.25, 0.3) is 0 Å². The predicted molar refractivity (Wildman–Crippen MR) is 60.3 cm³/mol. The van der Waals surface area contributed by atoms with Gasteiger partial charge in [-0.1, -0.05) is 36.4 Å². The van der Waals surface area contributed by atoms with Gasteiger partial charge in [-0.05, 0) is 19.1 Å². The zero-order valence-corrected chi connectivity index (χ0v) is 9.94. The molecule has 2 rings (SSSR count). The number of nitrogens with zero attached hydrogens (tertiary/aromatic N) is 1. The zero-order chi connectivity index (χ0) is 11.1. The molecule has 3 heteroatoms. The van der Waals surface area contributed by atoms with Gasteiger partial charge >= 0.3 is 25.2 Å². The molecular weight excluding hydrogens is 257 g/mol. The summed E-state index contributed by atoms with van der Waals surface area (Å²) >= 11 is 3.66. The van der Waals surface area contributed by atoms with E-state index in [2.05, 4.69) is 42.3 Å². The molecule has 0 atom stereocenters. The van der Waals surface area contributed by atoms with Crippen LogP contribution in [0.3, 0.4) is 0 Å². The molecule has 0 fully saturated rings. The number of pyridine rings is 1. The van der Waals surface area contributed by atoms with Crippen molar-refractivity contribution < 1.29 is 15.1 Å². The Bertz CT molecular complexity index is 403. The molecule has 2 aromatic rings. The fourth-order valence-corrected chi connectivity index (χ4v) is 1.31. The van der Waals surface area contributed by atoms with Crippen LogP contribution in [-0.4, -0.2) is 4.98 Å². The third-order valence-corrected chi connectivity index (χ3v) is 1.96. The normalized spacial score (nSPS) is 9.07. The molecule has 0 aliphatic heterocycles. The first-order valence-electron chi connectivity index (χ1n) is 4.47. The average Bonchev–Trinajstić information content (AvgIpc) is 2.33. The Kier molecular flexibility index (Phi) is 5.41. The van der Waals surface area contributed by atoms with Crippen molar-refractivity contribution in [3.63, 3.8) is 0 Å². The number of aryl methyl sites for hydroxylation is 1. The molecule has 1 aromatic heterocycles. The van der Waals surface area contributed by atoms with Gasteiger partial charge in [-0.15, -0.1) is 0 Å². The van der Waals surface area contributed by atoms with Gasteiger partial charge in [0, 0.05) is 11.3 Å². The molecule has 0 aliphatic carbocycles. The molecule has 0 spiro atoms. The summed E-state index contributed by atoms with van der Waals surface area (Å²) in [6.45, 7) is 2.01. The summed E-state index contributed by atoms with van der Waals surface area (Å²) in [4.78, 5) is 4.44. The van der Waals surface area contributed by atoms with Gasteiger partial charge in [-0.3, -0.25) is 4.98 Å². The molecule has 0 amide bonds. The number of hydrogen-bond acceptors (Lipinski definition) is 1. The molecule has 0 radical (unpaired) electrons. The molecule has 0 N–H and O–H groups in total. The molecule has 0 saturated carbocycles. The van der Waals surface area contributed by atoms with Crippen LogP contribution in [0.15, 0.2) is 48.5 Å². The van der Waals surface area contributed by atoms with E-state index in [4.69, 9.17) is 0 Å². The first kappa shape index (κ1) is 12.3. The number of halogens is 1. The van der Waals surface area contributed by atoms with Crippen LogP contribution in [0, 0.1) is 6.92 Å². The Hall–Kier alpha value is -0.821. The third-order valence-electron chi connectivity index (χ3n) is 1.96. The van der Waals surface area contributed by atoms with Crippen molar-refractivity contribution in [2.24, 2.45) is 0 Å². The van der Waals surface area contributed by atoms with E-state index in [9.17, 15) is 0 Å². The second-order valence-corrected chi connectivity index (χ2v) is 3.03. The van der Waals surface area contributed by atoms with Crippen LogP contribution >= 0.6 is 10.1 Å². The Morgan fingerprint density at radius 3 is 2.20 bits per heavy atom. The number of aromatic nitrogens is 1.